The zero-order valence-electron chi connectivity index (χ0n) is 27.1. The van der Waals surface area contributed by atoms with Crippen molar-refractivity contribution >= 4 is 77.5 Å². The normalized spacial score (nSPS) is 14.9. The van der Waals surface area contributed by atoms with Crippen LogP contribution in [0.5, 0.6) is 0 Å². The zero-order valence-corrected chi connectivity index (χ0v) is 27.1. The van der Waals surface area contributed by atoms with Gasteiger partial charge in [-0.3, -0.25) is 0 Å². The first-order valence-corrected chi connectivity index (χ1v) is 17.0. The van der Waals surface area contributed by atoms with Crippen LogP contribution in [0.3, 0.4) is 0 Å². The first-order valence-electron chi connectivity index (χ1n) is 17.0. The molecular formula is C45H27N3O3. The first-order chi connectivity index (χ1) is 25.3. The van der Waals surface area contributed by atoms with Gasteiger partial charge in [0, 0.05) is 54.6 Å². The molecular weight excluding hydrogens is 631 g/mol. The summed E-state index contributed by atoms with van der Waals surface area (Å²) in [6.07, 6.45) is -0.422. The van der Waals surface area contributed by atoms with Gasteiger partial charge in [-0.2, -0.15) is 0 Å². The highest BCUT2D eigenvalue weighted by Gasteiger charge is 2.25. The molecule has 10 aromatic rings. The highest BCUT2D eigenvalue weighted by Crippen LogP contribution is 2.41. The minimum Gasteiger partial charge on any atom is -0.455 e. The van der Waals surface area contributed by atoms with Crippen molar-refractivity contribution in [2.24, 2.45) is 9.98 Å². The minimum absolute atomic E-state index is 0.422. The smallest absolute Gasteiger partial charge is 0.159 e. The number of hydrogen-bond donors (Lipinski definition) is 1. The van der Waals surface area contributed by atoms with Gasteiger partial charge in [0.25, 0.3) is 0 Å². The third-order valence-electron chi connectivity index (χ3n) is 9.97. The van der Waals surface area contributed by atoms with E-state index in [1.54, 1.807) is 0 Å². The van der Waals surface area contributed by atoms with Gasteiger partial charge < -0.3 is 18.6 Å². The number of nitrogens with one attached hydrogen (secondary N) is 1. The van der Waals surface area contributed by atoms with Crippen LogP contribution in [0, 0.1) is 0 Å². The fourth-order valence-corrected chi connectivity index (χ4v) is 7.56. The predicted octanol–water partition coefficient (Wildman–Crippen LogP) is 11.5. The van der Waals surface area contributed by atoms with Crippen molar-refractivity contribution < 1.29 is 13.3 Å². The van der Waals surface area contributed by atoms with E-state index in [4.69, 9.17) is 23.2 Å². The lowest BCUT2D eigenvalue weighted by Crippen LogP contribution is -2.33. The summed E-state index contributed by atoms with van der Waals surface area (Å²) < 4.78 is 19.6. The second-order valence-electron chi connectivity index (χ2n) is 12.9. The van der Waals surface area contributed by atoms with E-state index in [9.17, 15) is 0 Å². The fourth-order valence-electron chi connectivity index (χ4n) is 7.56. The summed E-state index contributed by atoms with van der Waals surface area (Å²) in [5, 5.41) is 10.0. The van der Waals surface area contributed by atoms with Crippen molar-refractivity contribution in [3.05, 3.63) is 168 Å². The second kappa shape index (κ2) is 10.8. The largest absolute Gasteiger partial charge is 0.455 e. The van der Waals surface area contributed by atoms with E-state index >= 15 is 0 Å². The molecule has 0 fully saturated rings. The summed E-state index contributed by atoms with van der Waals surface area (Å²) in [7, 11) is 0. The van der Waals surface area contributed by atoms with Crippen LogP contribution in [0.2, 0.25) is 0 Å². The lowest BCUT2D eigenvalue weighted by Gasteiger charge is -2.23. The standard InChI is InChI=1S/C45H27N3O3/c1-2-11-26(12-3-1)43-46-44(48-45(47-43)36-20-10-17-32-29-14-5-7-22-38(29)50-42(32)36)27-23-24-30-33-16-9-19-35(41(33)51-39(30)25-27)34-18-8-15-31-28-13-4-6-21-37(28)49-40(31)34/h1-25,44H,(H,46,47,48). The second-order valence-corrected chi connectivity index (χ2v) is 12.9. The van der Waals surface area contributed by atoms with Gasteiger partial charge in [-0.1, -0.05) is 127 Å². The quantitative estimate of drug-likeness (QED) is 0.204. The Balaban J connectivity index is 1.05. The van der Waals surface area contributed by atoms with Crippen molar-refractivity contribution in [3.63, 3.8) is 0 Å². The Labute approximate surface area is 291 Å². The van der Waals surface area contributed by atoms with Gasteiger partial charge in [0.05, 0.1) is 5.56 Å². The molecule has 6 nitrogen and oxygen atoms in total. The van der Waals surface area contributed by atoms with Crippen molar-refractivity contribution in [1.29, 1.82) is 0 Å². The number of aliphatic imine (C=N–C) groups is 2. The lowest BCUT2D eigenvalue weighted by atomic mass is 9.99. The highest BCUT2D eigenvalue weighted by molar-refractivity contribution is 6.20. The zero-order chi connectivity index (χ0) is 33.5. The molecule has 0 aliphatic carbocycles. The van der Waals surface area contributed by atoms with Crippen LogP contribution in [0.25, 0.3) is 76.9 Å². The van der Waals surface area contributed by atoms with Gasteiger partial charge in [-0.05, 0) is 24.3 Å². The number of hydrogen-bond acceptors (Lipinski definition) is 6. The maximum Gasteiger partial charge on any atom is 0.159 e. The van der Waals surface area contributed by atoms with Crippen molar-refractivity contribution in [3.8, 4) is 11.1 Å². The van der Waals surface area contributed by atoms with Crippen LogP contribution in [0.1, 0.15) is 22.9 Å². The Morgan fingerprint density at radius 2 is 0.941 bits per heavy atom. The van der Waals surface area contributed by atoms with Crippen LogP contribution in [-0.2, 0) is 0 Å². The van der Waals surface area contributed by atoms with E-state index in [1.165, 1.54) is 0 Å². The van der Waals surface area contributed by atoms with Crippen LogP contribution in [0.4, 0.5) is 0 Å². The van der Waals surface area contributed by atoms with Crippen LogP contribution < -0.4 is 5.32 Å². The molecule has 0 saturated heterocycles. The first kappa shape index (κ1) is 28.0. The SMILES string of the molecule is c1ccc(C2=NC(c3ccc4c(c3)oc3c(-c5cccc6c5oc5ccccc56)cccc34)NC(c3cccc4c3oc3ccccc34)=N2)cc1. The Kier molecular flexibility index (Phi) is 5.92. The van der Waals surface area contributed by atoms with Gasteiger partial charge in [0.2, 0.25) is 0 Å². The summed E-state index contributed by atoms with van der Waals surface area (Å²) >= 11 is 0. The average molecular weight is 658 g/mol. The maximum absolute atomic E-state index is 6.74. The number of furan rings is 3. The van der Waals surface area contributed by atoms with Crippen LogP contribution >= 0.6 is 0 Å². The van der Waals surface area contributed by atoms with Crippen LogP contribution in [-0.4, -0.2) is 11.7 Å². The summed E-state index contributed by atoms with van der Waals surface area (Å²) in [5.74, 6) is 1.35. The molecule has 0 amide bonds. The minimum atomic E-state index is -0.422. The maximum atomic E-state index is 6.74. The molecule has 4 heterocycles. The molecule has 0 saturated carbocycles. The summed E-state index contributed by atoms with van der Waals surface area (Å²) in [6, 6.07) is 51.5. The van der Waals surface area contributed by atoms with Crippen molar-refractivity contribution in [2.45, 2.75) is 6.17 Å². The number of fused-ring (bicyclic) bond motifs is 9. The fraction of sp³-hybridized carbons (Fsp3) is 0.0222. The number of amidine groups is 2. The molecule has 7 aromatic carbocycles. The highest BCUT2D eigenvalue weighted by atomic mass is 16.3. The summed E-state index contributed by atoms with van der Waals surface area (Å²) in [6.45, 7) is 0. The van der Waals surface area contributed by atoms with Gasteiger partial charge in [-0.15, -0.1) is 0 Å². The number of para-hydroxylation sites is 5. The predicted molar refractivity (Wildman–Crippen MR) is 206 cm³/mol. The lowest BCUT2D eigenvalue weighted by molar-refractivity contribution is 0.651. The number of rotatable bonds is 4. The number of nitrogens with zero attached hydrogens (tertiary/aromatic N) is 2. The monoisotopic (exact) mass is 657 g/mol. The van der Waals surface area contributed by atoms with E-state index < -0.39 is 6.17 Å². The van der Waals surface area contributed by atoms with Crippen molar-refractivity contribution in [1.82, 2.24) is 5.32 Å². The summed E-state index contributed by atoms with van der Waals surface area (Å²) in [4.78, 5) is 10.2. The topological polar surface area (TPSA) is 76.2 Å². The molecule has 240 valence electrons. The molecule has 11 rings (SSSR count). The Hall–Kier alpha value is -6.92. The van der Waals surface area contributed by atoms with Gasteiger partial charge in [-0.25, -0.2) is 9.98 Å². The molecule has 1 N–H and O–H groups in total. The van der Waals surface area contributed by atoms with E-state index in [-0.39, 0.29) is 0 Å². The van der Waals surface area contributed by atoms with E-state index in [1.807, 2.05) is 72.8 Å². The summed E-state index contributed by atoms with van der Waals surface area (Å²) in [5.41, 5.74) is 9.73. The number of benzene rings is 7. The van der Waals surface area contributed by atoms with E-state index in [2.05, 4.69) is 84.2 Å². The van der Waals surface area contributed by atoms with E-state index in [0.29, 0.717) is 11.7 Å². The molecule has 1 atom stereocenters. The molecule has 0 radical (unpaired) electrons. The Morgan fingerprint density at radius 1 is 0.431 bits per heavy atom. The molecule has 0 spiro atoms. The van der Waals surface area contributed by atoms with Gasteiger partial charge in [0.1, 0.15) is 45.5 Å². The third-order valence-corrected chi connectivity index (χ3v) is 9.97. The average Bonchev–Trinajstić information content (AvgIpc) is 3.89. The molecule has 1 aliphatic heterocycles. The van der Waals surface area contributed by atoms with Gasteiger partial charge in [0.15, 0.2) is 5.84 Å². The van der Waals surface area contributed by atoms with Gasteiger partial charge >= 0.3 is 0 Å². The van der Waals surface area contributed by atoms with Crippen LogP contribution in [0.15, 0.2) is 175 Å². The molecule has 1 aliphatic rings. The molecule has 0 bridgehead atoms. The molecule has 6 heteroatoms. The molecule has 3 aromatic heterocycles. The molecule has 1 unspecified atom stereocenters. The Bertz CT molecular complexity index is 3070. The van der Waals surface area contributed by atoms with E-state index in [0.717, 1.165) is 93.6 Å². The Morgan fingerprint density at radius 3 is 1.59 bits per heavy atom. The van der Waals surface area contributed by atoms with Crippen molar-refractivity contribution in [2.75, 3.05) is 0 Å². The third kappa shape index (κ3) is 4.30. The molecule has 51 heavy (non-hydrogen) atoms.